The molecule has 2 rings (SSSR count). The van der Waals surface area contributed by atoms with Crippen molar-refractivity contribution in [3.63, 3.8) is 0 Å². The van der Waals surface area contributed by atoms with Gasteiger partial charge in [0.25, 0.3) is 0 Å². The Bertz CT molecular complexity index is 537. The smallest absolute Gasteiger partial charge is 0.188 e. The van der Waals surface area contributed by atoms with Crippen molar-refractivity contribution in [1.82, 2.24) is 9.97 Å². The van der Waals surface area contributed by atoms with E-state index in [1.54, 1.807) is 11.8 Å². The van der Waals surface area contributed by atoms with Crippen LogP contribution in [0.4, 0.5) is 0 Å². The highest BCUT2D eigenvalue weighted by Gasteiger charge is 2.20. The summed E-state index contributed by atoms with van der Waals surface area (Å²) in [5, 5.41) is 1.10. The molecule has 0 spiro atoms. The zero-order valence-electron chi connectivity index (χ0n) is 12.2. The molecule has 0 radical (unpaired) electrons. The summed E-state index contributed by atoms with van der Waals surface area (Å²) in [6, 6.07) is 12.2. The van der Waals surface area contributed by atoms with Gasteiger partial charge in [-0.2, -0.15) is 0 Å². The van der Waals surface area contributed by atoms with Gasteiger partial charge >= 0.3 is 0 Å². The summed E-state index contributed by atoms with van der Waals surface area (Å²) in [6.45, 7) is 6.15. The van der Waals surface area contributed by atoms with E-state index in [0.29, 0.717) is 0 Å². The van der Waals surface area contributed by atoms with E-state index in [-0.39, 0.29) is 11.3 Å². The van der Waals surface area contributed by atoms with Gasteiger partial charge in [0.1, 0.15) is 0 Å². The van der Waals surface area contributed by atoms with Gasteiger partial charge < -0.3 is 5.73 Å². The van der Waals surface area contributed by atoms with Crippen LogP contribution in [0, 0.1) is 13.8 Å². The van der Waals surface area contributed by atoms with Crippen LogP contribution in [0.15, 0.2) is 41.6 Å². The van der Waals surface area contributed by atoms with Gasteiger partial charge in [0.05, 0.1) is 0 Å². The van der Waals surface area contributed by atoms with E-state index in [9.17, 15) is 0 Å². The minimum atomic E-state index is -0.00406. The van der Waals surface area contributed by atoms with E-state index in [1.165, 1.54) is 0 Å². The first-order valence-corrected chi connectivity index (χ1v) is 7.77. The Morgan fingerprint density at radius 3 is 2.25 bits per heavy atom. The molecule has 0 fully saturated rings. The number of rotatable bonds is 5. The van der Waals surface area contributed by atoms with E-state index in [2.05, 4.69) is 29.0 Å². The molecule has 1 heterocycles. The summed E-state index contributed by atoms with van der Waals surface area (Å²) < 4.78 is 0. The number of thioether (sulfide) groups is 1. The maximum atomic E-state index is 6.40. The normalized spacial score (nSPS) is 14.0. The summed E-state index contributed by atoms with van der Waals surface area (Å²) in [6.07, 6.45) is 0.983. The summed E-state index contributed by atoms with van der Waals surface area (Å²) in [7, 11) is 0. The number of aromatic nitrogens is 2. The fraction of sp³-hybridized carbons (Fsp3) is 0.375. The fourth-order valence-corrected chi connectivity index (χ4v) is 3.32. The van der Waals surface area contributed by atoms with Crippen LogP contribution < -0.4 is 5.73 Å². The summed E-state index contributed by atoms with van der Waals surface area (Å²) in [5.41, 5.74) is 9.57. The van der Waals surface area contributed by atoms with Crippen LogP contribution >= 0.6 is 11.8 Å². The summed E-state index contributed by atoms with van der Waals surface area (Å²) >= 11 is 1.67. The molecule has 0 aliphatic rings. The Labute approximate surface area is 125 Å². The average molecular weight is 287 g/mol. The highest BCUT2D eigenvalue weighted by molar-refractivity contribution is 7.99. The van der Waals surface area contributed by atoms with E-state index in [4.69, 9.17) is 5.73 Å². The largest absolute Gasteiger partial charge is 0.323 e. The molecule has 1 aromatic carbocycles. The van der Waals surface area contributed by atoms with Gasteiger partial charge in [-0.05, 0) is 31.9 Å². The molecule has 0 saturated carbocycles. The third kappa shape index (κ3) is 3.81. The van der Waals surface area contributed by atoms with Gasteiger partial charge in [-0.25, -0.2) is 9.97 Å². The van der Waals surface area contributed by atoms with Crippen molar-refractivity contribution in [2.45, 2.75) is 43.6 Å². The molecule has 1 aromatic heterocycles. The van der Waals surface area contributed by atoms with Gasteiger partial charge in [-0.15, -0.1) is 0 Å². The van der Waals surface area contributed by atoms with E-state index < -0.39 is 0 Å². The third-order valence-electron chi connectivity index (χ3n) is 3.21. The van der Waals surface area contributed by atoms with Crippen LogP contribution in [-0.2, 0) is 0 Å². The van der Waals surface area contributed by atoms with Gasteiger partial charge in [0.15, 0.2) is 5.16 Å². The lowest BCUT2D eigenvalue weighted by Gasteiger charge is -2.22. The second-order valence-electron chi connectivity index (χ2n) is 4.93. The second-order valence-corrected chi connectivity index (χ2v) is 6.14. The predicted molar refractivity (Wildman–Crippen MR) is 84.8 cm³/mol. The lowest BCUT2D eigenvalue weighted by Crippen LogP contribution is -2.23. The Hall–Kier alpha value is -1.39. The monoisotopic (exact) mass is 287 g/mol. The molecule has 2 atom stereocenters. The molecule has 106 valence electrons. The molecule has 3 nitrogen and oxygen atoms in total. The van der Waals surface area contributed by atoms with Crippen molar-refractivity contribution in [2.75, 3.05) is 0 Å². The number of aryl methyl sites for hydroxylation is 2. The van der Waals surface area contributed by atoms with E-state index >= 15 is 0 Å². The van der Waals surface area contributed by atoms with Crippen molar-refractivity contribution in [2.24, 2.45) is 5.73 Å². The standard InChI is InChI=1S/C16H21N3S/c1-4-14(15(17)13-8-6-5-7-9-13)20-16-18-11(2)10-12(3)19-16/h5-10,14-15H,4,17H2,1-3H3. The van der Waals surface area contributed by atoms with Gasteiger partial charge in [-0.3, -0.25) is 0 Å². The maximum Gasteiger partial charge on any atom is 0.188 e. The Kier molecular flexibility index (Phi) is 5.15. The first kappa shape index (κ1) is 15.0. The molecule has 2 N–H and O–H groups in total. The van der Waals surface area contributed by atoms with Crippen LogP contribution in [0.5, 0.6) is 0 Å². The van der Waals surface area contributed by atoms with Gasteiger partial charge in [0, 0.05) is 22.7 Å². The van der Waals surface area contributed by atoms with Crippen LogP contribution in [0.1, 0.15) is 36.3 Å². The van der Waals surface area contributed by atoms with Crippen LogP contribution in [0.3, 0.4) is 0 Å². The molecule has 2 aromatic rings. The highest BCUT2D eigenvalue weighted by Crippen LogP contribution is 2.31. The topological polar surface area (TPSA) is 51.8 Å². The Morgan fingerprint density at radius 2 is 1.70 bits per heavy atom. The van der Waals surface area contributed by atoms with Crippen molar-refractivity contribution < 1.29 is 0 Å². The molecule has 0 bridgehead atoms. The quantitative estimate of drug-likeness (QED) is 0.673. The van der Waals surface area contributed by atoms with Crippen molar-refractivity contribution in [3.05, 3.63) is 53.3 Å². The number of nitrogens with zero attached hydrogens (tertiary/aromatic N) is 2. The van der Waals surface area contributed by atoms with Gasteiger partial charge in [-0.1, -0.05) is 49.0 Å². The van der Waals surface area contributed by atoms with Crippen molar-refractivity contribution >= 4 is 11.8 Å². The third-order valence-corrected chi connectivity index (χ3v) is 4.53. The molecule has 4 heteroatoms. The molecular formula is C16H21N3S. The highest BCUT2D eigenvalue weighted by atomic mass is 32.2. The minimum absolute atomic E-state index is 0.00406. The van der Waals surface area contributed by atoms with Crippen LogP contribution in [-0.4, -0.2) is 15.2 Å². The SMILES string of the molecule is CCC(Sc1nc(C)cc(C)n1)C(N)c1ccccc1. The zero-order chi connectivity index (χ0) is 14.5. The molecule has 0 aliphatic heterocycles. The number of hydrogen-bond donors (Lipinski definition) is 1. The minimum Gasteiger partial charge on any atom is -0.323 e. The molecule has 2 unspecified atom stereocenters. The lowest BCUT2D eigenvalue weighted by molar-refractivity contribution is 0.653. The van der Waals surface area contributed by atoms with Crippen molar-refractivity contribution in [3.8, 4) is 0 Å². The first-order chi connectivity index (χ1) is 9.60. The van der Waals surface area contributed by atoms with E-state index in [1.807, 2.05) is 38.1 Å². The summed E-state index contributed by atoms with van der Waals surface area (Å²) in [5.74, 6) is 0. The maximum absolute atomic E-state index is 6.40. The molecule has 0 saturated heterocycles. The summed E-state index contributed by atoms with van der Waals surface area (Å²) in [4.78, 5) is 8.99. The predicted octanol–water partition coefficient (Wildman–Crippen LogP) is 3.66. The van der Waals surface area contributed by atoms with E-state index in [0.717, 1.165) is 28.5 Å². The van der Waals surface area contributed by atoms with Crippen LogP contribution in [0.25, 0.3) is 0 Å². The number of nitrogens with two attached hydrogens (primary N) is 1. The molecule has 0 amide bonds. The van der Waals surface area contributed by atoms with Gasteiger partial charge in [0.2, 0.25) is 0 Å². The lowest BCUT2D eigenvalue weighted by atomic mass is 10.0. The number of hydrogen-bond acceptors (Lipinski definition) is 4. The molecule has 0 aliphatic carbocycles. The Balaban J connectivity index is 2.16. The Morgan fingerprint density at radius 1 is 1.10 bits per heavy atom. The molecule has 20 heavy (non-hydrogen) atoms. The molecular weight excluding hydrogens is 266 g/mol. The zero-order valence-corrected chi connectivity index (χ0v) is 13.0. The second kappa shape index (κ2) is 6.86. The number of benzene rings is 1. The van der Waals surface area contributed by atoms with Crippen molar-refractivity contribution in [1.29, 1.82) is 0 Å². The van der Waals surface area contributed by atoms with Crippen LogP contribution in [0.2, 0.25) is 0 Å². The average Bonchev–Trinajstić information content (AvgIpc) is 2.44. The first-order valence-electron chi connectivity index (χ1n) is 6.89. The fourth-order valence-electron chi connectivity index (χ4n) is 2.18.